The monoisotopic (exact) mass is 264 g/mol. The molecule has 0 spiro atoms. The molecule has 19 heavy (non-hydrogen) atoms. The zero-order valence-corrected chi connectivity index (χ0v) is 10.7. The molecule has 1 N–H and O–H groups in total. The molecule has 2 heterocycles. The van der Waals surface area contributed by atoms with Gasteiger partial charge in [-0.05, 0) is 18.8 Å². The van der Waals surface area contributed by atoms with Gasteiger partial charge >= 0.3 is 5.97 Å². The Bertz CT molecular complexity index is 520. The summed E-state index contributed by atoms with van der Waals surface area (Å²) in [7, 11) is 0. The number of carbonyl (C=O) groups is 2. The summed E-state index contributed by atoms with van der Waals surface area (Å²) in [6.45, 7) is 2.56. The Kier molecular flexibility index (Phi) is 2.80. The van der Waals surface area contributed by atoms with E-state index in [0.717, 1.165) is 18.6 Å². The average Bonchev–Trinajstić information content (AvgIpc) is 2.97. The Morgan fingerprint density at radius 3 is 2.74 bits per heavy atom. The second-order valence-electron chi connectivity index (χ2n) is 5.52. The van der Waals surface area contributed by atoms with E-state index in [-0.39, 0.29) is 18.4 Å². The zero-order valence-electron chi connectivity index (χ0n) is 10.7. The largest absolute Gasteiger partial charge is 0.481 e. The van der Waals surface area contributed by atoms with Crippen molar-refractivity contribution in [3.8, 4) is 0 Å². The van der Waals surface area contributed by atoms with Crippen LogP contribution < -0.4 is 0 Å². The van der Waals surface area contributed by atoms with Crippen LogP contribution in [-0.4, -0.2) is 40.1 Å². The molecule has 1 aliphatic carbocycles. The van der Waals surface area contributed by atoms with E-state index in [1.54, 1.807) is 11.0 Å². The minimum Gasteiger partial charge on any atom is -0.481 e. The van der Waals surface area contributed by atoms with E-state index in [0.29, 0.717) is 18.2 Å². The third-order valence-electron chi connectivity index (χ3n) is 3.94. The molecule has 1 saturated carbocycles. The number of carboxylic acids is 1. The number of rotatable bonds is 3. The molecule has 2 aliphatic rings. The second-order valence-corrected chi connectivity index (χ2v) is 5.52. The Balaban J connectivity index is 1.71. The predicted molar refractivity (Wildman–Crippen MR) is 64.7 cm³/mol. The Morgan fingerprint density at radius 2 is 2.16 bits per heavy atom. The van der Waals surface area contributed by atoms with E-state index in [9.17, 15) is 9.59 Å². The van der Waals surface area contributed by atoms with Gasteiger partial charge in [-0.25, -0.2) is 0 Å². The van der Waals surface area contributed by atoms with Gasteiger partial charge in [0.2, 0.25) is 0 Å². The number of hydrogen-bond acceptors (Lipinski definition) is 4. The highest BCUT2D eigenvalue weighted by atomic mass is 16.5. The van der Waals surface area contributed by atoms with Crippen LogP contribution in [0.25, 0.3) is 0 Å². The van der Waals surface area contributed by atoms with E-state index in [4.69, 9.17) is 9.63 Å². The normalized spacial score (nSPS) is 26.7. The van der Waals surface area contributed by atoms with Crippen LogP contribution in [0.4, 0.5) is 0 Å². The third-order valence-corrected chi connectivity index (χ3v) is 3.94. The molecule has 102 valence electrons. The second kappa shape index (κ2) is 4.36. The Hall–Kier alpha value is -1.85. The molecule has 1 aromatic heterocycles. The van der Waals surface area contributed by atoms with Crippen LogP contribution in [0.15, 0.2) is 10.6 Å². The standard InChI is InChI=1S/C13H16N2O4/c1-7-5-15(6-9(7)13(17)18)12(16)10-4-11(19-14-10)8-2-3-8/h4,7-9H,2-3,5-6H2,1H3,(H,17,18). The Labute approximate surface area is 110 Å². The lowest BCUT2D eigenvalue weighted by atomic mass is 9.99. The van der Waals surface area contributed by atoms with Crippen LogP contribution in [0.5, 0.6) is 0 Å². The molecule has 2 fully saturated rings. The van der Waals surface area contributed by atoms with Crippen LogP contribution in [0.3, 0.4) is 0 Å². The van der Waals surface area contributed by atoms with Gasteiger partial charge in [-0.2, -0.15) is 0 Å². The summed E-state index contributed by atoms with van der Waals surface area (Å²) in [5.41, 5.74) is 0.292. The van der Waals surface area contributed by atoms with Crippen LogP contribution >= 0.6 is 0 Å². The van der Waals surface area contributed by atoms with Gasteiger partial charge in [0.1, 0.15) is 5.76 Å². The Morgan fingerprint density at radius 1 is 1.42 bits per heavy atom. The minimum atomic E-state index is -0.846. The van der Waals surface area contributed by atoms with Gasteiger partial charge in [0.15, 0.2) is 5.69 Å². The van der Waals surface area contributed by atoms with Crippen molar-refractivity contribution in [3.05, 3.63) is 17.5 Å². The average molecular weight is 264 g/mol. The molecular formula is C13H16N2O4. The highest BCUT2D eigenvalue weighted by Gasteiger charge is 2.38. The van der Waals surface area contributed by atoms with E-state index < -0.39 is 11.9 Å². The summed E-state index contributed by atoms with van der Waals surface area (Å²) in [6, 6.07) is 1.69. The maximum atomic E-state index is 12.2. The van der Waals surface area contributed by atoms with Gasteiger partial charge in [0, 0.05) is 25.1 Å². The van der Waals surface area contributed by atoms with Crippen molar-refractivity contribution < 1.29 is 19.2 Å². The quantitative estimate of drug-likeness (QED) is 0.890. The third kappa shape index (κ3) is 2.22. The van der Waals surface area contributed by atoms with Crippen molar-refractivity contribution in [2.75, 3.05) is 13.1 Å². The number of likely N-dealkylation sites (tertiary alicyclic amines) is 1. The zero-order chi connectivity index (χ0) is 13.6. The number of amides is 1. The number of carboxylic acid groups (broad SMARTS) is 1. The number of carbonyl (C=O) groups excluding carboxylic acids is 1. The molecule has 6 nitrogen and oxygen atoms in total. The SMILES string of the molecule is CC1CN(C(=O)c2cc(C3CC3)on2)CC1C(=O)O. The summed E-state index contributed by atoms with van der Waals surface area (Å²) < 4.78 is 5.16. The molecule has 6 heteroatoms. The molecule has 3 rings (SSSR count). The molecule has 1 aromatic rings. The molecule has 2 unspecified atom stereocenters. The van der Waals surface area contributed by atoms with Gasteiger partial charge in [-0.15, -0.1) is 0 Å². The fraction of sp³-hybridized carbons (Fsp3) is 0.615. The summed E-state index contributed by atoms with van der Waals surface area (Å²) >= 11 is 0. The molecule has 1 saturated heterocycles. The van der Waals surface area contributed by atoms with E-state index in [1.165, 1.54) is 0 Å². The fourth-order valence-corrected chi connectivity index (χ4v) is 2.57. The minimum absolute atomic E-state index is 0.0312. The van der Waals surface area contributed by atoms with Crippen molar-refractivity contribution >= 4 is 11.9 Å². The summed E-state index contributed by atoms with van der Waals surface area (Å²) in [6.07, 6.45) is 2.18. The van der Waals surface area contributed by atoms with Crippen LogP contribution in [-0.2, 0) is 4.79 Å². The smallest absolute Gasteiger partial charge is 0.308 e. The van der Waals surface area contributed by atoms with Crippen molar-refractivity contribution in [2.45, 2.75) is 25.7 Å². The van der Waals surface area contributed by atoms with Gasteiger partial charge in [0.25, 0.3) is 5.91 Å². The summed E-state index contributed by atoms with van der Waals surface area (Å²) in [5.74, 6) is -0.411. The lowest BCUT2D eigenvalue weighted by Gasteiger charge is -2.13. The first kappa shape index (κ1) is 12.2. The fourth-order valence-electron chi connectivity index (χ4n) is 2.57. The lowest BCUT2D eigenvalue weighted by Crippen LogP contribution is -2.30. The van der Waals surface area contributed by atoms with Gasteiger partial charge in [-0.1, -0.05) is 12.1 Å². The number of nitrogens with zero attached hydrogens (tertiary/aromatic N) is 2. The number of aliphatic carboxylic acids is 1. The molecule has 1 amide bonds. The molecule has 2 atom stereocenters. The number of hydrogen-bond donors (Lipinski definition) is 1. The summed E-state index contributed by atoms with van der Waals surface area (Å²) in [5, 5.41) is 12.9. The summed E-state index contributed by atoms with van der Waals surface area (Å²) in [4.78, 5) is 24.8. The van der Waals surface area contributed by atoms with Crippen LogP contribution in [0, 0.1) is 11.8 Å². The van der Waals surface area contributed by atoms with Gasteiger partial charge in [0.05, 0.1) is 5.92 Å². The molecule has 0 bridgehead atoms. The molecule has 0 aromatic carbocycles. The maximum absolute atomic E-state index is 12.2. The molecule has 0 radical (unpaired) electrons. The predicted octanol–water partition coefficient (Wildman–Crippen LogP) is 1.34. The van der Waals surface area contributed by atoms with Crippen LogP contribution in [0.2, 0.25) is 0 Å². The number of aromatic nitrogens is 1. The topological polar surface area (TPSA) is 83.6 Å². The van der Waals surface area contributed by atoms with E-state index in [2.05, 4.69) is 5.16 Å². The highest BCUT2D eigenvalue weighted by Crippen LogP contribution is 2.40. The first-order valence-electron chi connectivity index (χ1n) is 6.55. The van der Waals surface area contributed by atoms with Crippen molar-refractivity contribution in [3.63, 3.8) is 0 Å². The maximum Gasteiger partial charge on any atom is 0.308 e. The van der Waals surface area contributed by atoms with Crippen molar-refractivity contribution in [1.82, 2.24) is 10.1 Å². The van der Waals surface area contributed by atoms with Gasteiger partial charge < -0.3 is 14.5 Å². The lowest BCUT2D eigenvalue weighted by molar-refractivity contribution is -0.142. The molecule has 1 aliphatic heterocycles. The van der Waals surface area contributed by atoms with E-state index >= 15 is 0 Å². The first-order chi connectivity index (χ1) is 9.06. The highest BCUT2D eigenvalue weighted by molar-refractivity contribution is 5.93. The van der Waals surface area contributed by atoms with Gasteiger partial charge in [-0.3, -0.25) is 9.59 Å². The van der Waals surface area contributed by atoms with Crippen LogP contribution in [0.1, 0.15) is 41.9 Å². The first-order valence-corrected chi connectivity index (χ1v) is 6.55. The van der Waals surface area contributed by atoms with E-state index in [1.807, 2.05) is 6.92 Å². The van der Waals surface area contributed by atoms with Crippen molar-refractivity contribution in [2.24, 2.45) is 11.8 Å². The van der Waals surface area contributed by atoms with Crippen molar-refractivity contribution in [1.29, 1.82) is 0 Å². The molecular weight excluding hydrogens is 248 g/mol.